The van der Waals surface area contributed by atoms with Gasteiger partial charge in [-0.2, -0.15) is 0 Å². The van der Waals surface area contributed by atoms with Crippen LogP contribution in [0.4, 0.5) is 0 Å². The van der Waals surface area contributed by atoms with Gasteiger partial charge in [0.25, 0.3) is 0 Å². The van der Waals surface area contributed by atoms with E-state index < -0.39 is 0 Å². The predicted molar refractivity (Wildman–Crippen MR) is 173 cm³/mol. The molecule has 0 fully saturated rings. The summed E-state index contributed by atoms with van der Waals surface area (Å²) in [6, 6.07) is 34.0. The van der Waals surface area contributed by atoms with Crippen LogP contribution in [-0.2, 0) is 0 Å². The summed E-state index contributed by atoms with van der Waals surface area (Å²) < 4.78 is 12.2. The van der Waals surface area contributed by atoms with E-state index in [1.54, 1.807) is 0 Å². The molecule has 0 saturated heterocycles. The fourth-order valence-corrected chi connectivity index (χ4v) is 5.05. The third-order valence-electron chi connectivity index (χ3n) is 7.22. The van der Waals surface area contributed by atoms with Gasteiger partial charge in [0.1, 0.15) is 11.5 Å². The van der Waals surface area contributed by atoms with Gasteiger partial charge in [0.2, 0.25) is 0 Å². The summed E-state index contributed by atoms with van der Waals surface area (Å²) in [5, 5.41) is 4.92. The lowest BCUT2D eigenvalue weighted by atomic mass is 9.90. The highest BCUT2D eigenvalue weighted by Gasteiger charge is 2.11. The van der Waals surface area contributed by atoms with E-state index in [1.165, 1.54) is 32.7 Å². The lowest BCUT2D eigenvalue weighted by Crippen LogP contribution is -1.97. The second-order valence-corrected chi connectivity index (χ2v) is 10.1. The molecule has 0 atom stereocenters. The van der Waals surface area contributed by atoms with Crippen molar-refractivity contribution in [3.63, 3.8) is 0 Å². The predicted octanol–water partition coefficient (Wildman–Crippen LogP) is 10.7. The van der Waals surface area contributed by atoms with Crippen LogP contribution in [0.25, 0.3) is 45.8 Å². The number of para-hydroxylation sites is 2. The molecule has 0 saturated carbocycles. The summed E-state index contributed by atoms with van der Waals surface area (Å²) in [4.78, 5) is 0. The van der Waals surface area contributed by atoms with E-state index in [0.717, 1.165) is 61.5 Å². The number of unbranched alkanes of at least 4 members (excludes halogenated alkanes) is 2. The topological polar surface area (TPSA) is 18.5 Å². The number of rotatable bonds is 12. The average Bonchev–Trinajstić information content (AvgIpc) is 3.00. The molecule has 0 unspecified atom stereocenters. The Morgan fingerprint density at radius 3 is 1.18 bits per heavy atom. The Morgan fingerprint density at radius 1 is 0.450 bits per heavy atom. The fraction of sp³-hybridized carbons (Fsp3) is 0.211. The van der Waals surface area contributed by atoms with Crippen molar-refractivity contribution in [2.45, 2.75) is 39.5 Å². The van der Waals surface area contributed by atoms with Gasteiger partial charge in [-0.3, -0.25) is 0 Å². The zero-order chi connectivity index (χ0) is 27.6. The Kier molecular flexibility index (Phi) is 9.32. The molecule has 5 aromatic carbocycles. The molecule has 202 valence electrons. The van der Waals surface area contributed by atoms with Gasteiger partial charge in [-0.05, 0) is 57.6 Å². The lowest BCUT2D eigenvalue weighted by molar-refractivity contribution is 0.308. The minimum atomic E-state index is 0.737. The Labute approximate surface area is 238 Å². The summed E-state index contributed by atoms with van der Waals surface area (Å²) in [5.41, 5.74) is 4.62. The molecular weight excluding hydrogens is 488 g/mol. The number of fused-ring (bicyclic) bond motifs is 2. The van der Waals surface area contributed by atoms with Crippen LogP contribution in [0.2, 0.25) is 0 Å². The van der Waals surface area contributed by atoms with Crippen LogP contribution in [0.15, 0.2) is 97.1 Å². The van der Waals surface area contributed by atoms with Gasteiger partial charge in [-0.25, -0.2) is 0 Å². The lowest BCUT2D eigenvalue weighted by Gasteiger charge is -2.14. The van der Waals surface area contributed by atoms with Gasteiger partial charge in [0.05, 0.1) is 13.2 Å². The molecule has 0 aliphatic rings. The second-order valence-electron chi connectivity index (χ2n) is 10.1. The number of ether oxygens (including phenoxy) is 2. The minimum absolute atomic E-state index is 0.737. The van der Waals surface area contributed by atoms with E-state index in [-0.39, 0.29) is 0 Å². The zero-order valence-corrected chi connectivity index (χ0v) is 23.6. The van der Waals surface area contributed by atoms with Crippen LogP contribution < -0.4 is 9.47 Å². The Balaban J connectivity index is 1.58. The first-order valence-electron chi connectivity index (χ1n) is 14.5. The Bertz CT molecular complexity index is 1450. The molecular formula is C38H38O2. The smallest absolute Gasteiger partial charge is 0.126 e. The Morgan fingerprint density at radius 2 is 0.800 bits per heavy atom. The molecule has 0 radical (unpaired) electrons. The van der Waals surface area contributed by atoms with Gasteiger partial charge in [0, 0.05) is 11.1 Å². The largest absolute Gasteiger partial charge is 0.493 e. The summed E-state index contributed by atoms with van der Waals surface area (Å²) >= 11 is 0. The van der Waals surface area contributed by atoms with Crippen molar-refractivity contribution in [2.75, 3.05) is 13.2 Å². The first-order valence-corrected chi connectivity index (χ1v) is 14.5. The van der Waals surface area contributed by atoms with Crippen LogP contribution in [-0.4, -0.2) is 13.2 Å². The number of hydrogen-bond acceptors (Lipinski definition) is 2. The molecule has 0 heterocycles. The first kappa shape index (κ1) is 27.3. The van der Waals surface area contributed by atoms with E-state index in [2.05, 4.69) is 123 Å². The molecule has 0 bridgehead atoms. The number of benzene rings is 5. The molecule has 0 aromatic heterocycles. The number of hydrogen-bond donors (Lipinski definition) is 0. The van der Waals surface area contributed by atoms with Gasteiger partial charge in [-0.1, -0.05) is 136 Å². The highest BCUT2D eigenvalue weighted by atomic mass is 16.5. The zero-order valence-electron chi connectivity index (χ0n) is 23.6. The molecule has 0 N–H and O–H groups in total. The van der Waals surface area contributed by atoms with Crippen molar-refractivity contribution < 1.29 is 9.47 Å². The standard InChI is InChI=1S/C38H38O2/c1-3-5-27-39-37-21-13-7-15-29(37)23-25-35-31-17-9-11-19-33(31)36(34-20-12-10-18-32(34)35)26-24-30-16-8-14-22-38(30)40-28-6-4-2/h7-26H,3-6,27-28H2,1-2H3. The Hall–Kier alpha value is -4.30. The highest BCUT2D eigenvalue weighted by molar-refractivity contribution is 6.14. The van der Waals surface area contributed by atoms with Crippen molar-refractivity contribution in [2.24, 2.45) is 0 Å². The quantitative estimate of drug-likeness (QED) is 0.0914. The highest BCUT2D eigenvalue weighted by Crippen LogP contribution is 2.36. The average molecular weight is 527 g/mol. The summed E-state index contributed by atoms with van der Waals surface area (Å²) in [6.07, 6.45) is 13.2. The molecule has 5 rings (SSSR count). The third kappa shape index (κ3) is 6.29. The molecule has 2 heteroatoms. The van der Waals surface area contributed by atoms with Gasteiger partial charge >= 0.3 is 0 Å². The van der Waals surface area contributed by atoms with E-state index in [9.17, 15) is 0 Å². The molecule has 5 aromatic rings. The molecule has 0 aliphatic carbocycles. The maximum atomic E-state index is 6.10. The molecule has 0 spiro atoms. The van der Waals surface area contributed by atoms with Gasteiger partial charge in [0.15, 0.2) is 0 Å². The van der Waals surface area contributed by atoms with Crippen molar-refractivity contribution in [1.82, 2.24) is 0 Å². The fourth-order valence-electron chi connectivity index (χ4n) is 5.05. The first-order chi connectivity index (χ1) is 19.8. The van der Waals surface area contributed by atoms with Crippen LogP contribution in [0.1, 0.15) is 61.8 Å². The second kappa shape index (κ2) is 13.7. The van der Waals surface area contributed by atoms with Crippen molar-refractivity contribution in [1.29, 1.82) is 0 Å². The monoisotopic (exact) mass is 526 g/mol. The van der Waals surface area contributed by atoms with E-state index in [0.29, 0.717) is 0 Å². The normalized spacial score (nSPS) is 11.7. The SMILES string of the molecule is CCCCOc1ccccc1C=Cc1c2ccccc2c(C=Cc2ccccc2OCCCC)c2ccccc12. The van der Waals surface area contributed by atoms with E-state index in [4.69, 9.17) is 9.47 Å². The molecule has 2 nitrogen and oxygen atoms in total. The summed E-state index contributed by atoms with van der Waals surface area (Å²) in [5.74, 6) is 1.86. The van der Waals surface area contributed by atoms with Crippen molar-refractivity contribution >= 4 is 45.8 Å². The summed E-state index contributed by atoms with van der Waals surface area (Å²) in [7, 11) is 0. The maximum Gasteiger partial charge on any atom is 0.126 e. The van der Waals surface area contributed by atoms with Crippen LogP contribution in [0.3, 0.4) is 0 Å². The summed E-state index contributed by atoms with van der Waals surface area (Å²) in [6.45, 7) is 5.84. The van der Waals surface area contributed by atoms with Crippen LogP contribution in [0.5, 0.6) is 11.5 Å². The van der Waals surface area contributed by atoms with Gasteiger partial charge < -0.3 is 9.47 Å². The minimum Gasteiger partial charge on any atom is -0.493 e. The maximum absolute atomic E-state index is 6.10. The van der Waals surface area contributed by atoms with Crippen molar-refractivity contribution in [3.8, 4) is 11.5 Å². The van der Waals surface area contributed by atoms with Crippen LogP contribution in [0, 0.1) is 0 Å². The van der Waals surface area contributed by atoms with E-state index >= 15 is 0 Å². The van der Waals surface area contributed by atoms with Crippen LogP contribution >= 0.6 is 0 Å². The van der Waals surface area contributed by atoms with Gasteiger partial charge in [-0.15, -0.1) is 0 Å². The molecule has 0 aliphatic heterocycles. The molecule has 0 amide bonds. The molecule has 40 heavy (non-hydrogen) atoms. The van der Waals surface area contributed by atoms with E-state index in [1.807, 2.05) is 12.1 Å². The third-order valence-corrected chi connectivity index (χ3v) is 7.22. The van der Waals surface area contributed by atoms with Crippen molar-refractivity contribution in [3.05, 3.63) is 119 Å².